The van der Waals surface area contributed by atoms with Crippen LogP contribution in [0, 0.1) is 0 Å². The molecule has 0 aliphatic heterocycles. The number of anilines is 1. The van der Waals surface area contributed by atoms with E-state index in [1.54, 1.807) is 42.5 Å². The van der Waals surface area contributed by atoms with Crippen LogP contribution in [0.3, 0.4) is 0 Å². The number of nitrogens with zero attached hydrogens (tertiary/aromatic N) is 1. The second-order valence-electron chi connectivity index (χ2n) is 7.29. The third-order valence-electron chi connectivity index (χ3n) is 4.29. The highest BCUT2D eigenvalue weighted by Gasteiger charge is 2.13. The number of ether oxygens (including phenoxy) is 2. The molecular formula is C23H25N3O4S2. The molecule has 0 saturated heterocycles. The lowest BCUT2D eigenvalue weighted by atomic mass is 10.2. The molecule has 2 N–H and O–H groups in total. The highest BCUT2D eigenvalue weighted by molar-refractivity contribution is 7.80. The van der Waals surface area contributed by atoms with Crippen molar-refractivity contribution in [1.82, 2.24) is 10.3 Å². The predicted molar refractivity (Wildman–Crippen MR) is 131 cm³/mol. The summed E-state index contributed by atoms with van der Waals surface area (Å²) in [6.07, 6.45) is 1.86. The number of benzene rings is 2. The highest BCUT2D eigenvalue weighted by atomic mass is 32.1. The zero-order valence-corrected chi connectivity index (χ0v) is 19.8. The van der Waals surface area contributed by atoms with Gasteiger partial charge in [0.25, 0.3) is 5.91 Å². The molecule has 0 unspecified atom stereocenters. The first-order chi connectivity index (χ1) is 15.4. The third kappa shape index (κ3) is 6.48. The van der Waals surface area contributed by atoms with Gasteiger partial charge < -0.3 is 14.8 Å². The van der Waals surface area contributed by atoms with Gasteiger partial charge in [-0.2, -0.15) is 0 Å². The van der Waals surface area contributed by atoms with Gasteiger partial charge in [-0.05, 0) is 75.0 Å². The molecule has 3 aromatic rings. The van der Waals surface area contributed by atoms with Crippen molar-refractivity contribution in [1.29, 1.82) is 0 Å². The normalized spacial score (nSPS) is 10.8. The van der Waals surface area contributed by atoms with Gasteiger partial charge in [-0.15, -0.1) is 0 Å². The highest BCUT2D eigenvalue weighted by Crippen LogP contribution is 2.27. The van der Waals surface area contributed by atoms with Crippen molar-refractivity contribution < 1.29 is 19.1 Å². The van der Waals surface area contributed by atoms with Crippen LogP contribution in [0.15, 0.2) is 42.5 Å². The maximum atomic E-state index is 12.4. The number of fused-ring (bicyclic) bond motifs is 1. The van der Waals surface area contributed by atoms with Crippen molar-refractivity contribution in [3.05, 3.63) is 53.6 Å². The standard InChI is InChI=1S/C23H25N3O4S2/c1-4-5-12-29-21(28)16-8-11-18-19(13-16)32-23(24-18)26-22(31)25-20(27)15-6-9-17(10-7-15)30-14(2)3/h6-11,13-14H,4-5,12H2,1-3H3,(H2,24,25,26,27,31). The minimum absolute atomic E-state index is 0.0584. The minimum Gasteiger partial charge on any atom is -0.491 e. The van der Waals surface area contributed by atoms with Crippen LogP contribution in [0.4, 0.5) is 5.13 Å². The van der Waals surface area contributed by atoms with Gasteiger partial charge in [0.15, 0.2) is 10.2 Å². The van der Waals surface area contributed by atoms with Crippen LogP contribution >= 0.6 is 23.6 Å². The first-order valence-corrected chi connectivity index (χ1v) is 11.5. The summed E-state index contributed by atoms with van der Waals surface area (Å²) in [4.78, 5) is 29.0. The van der Waals surface area contributed by atoms with E-state index >= 15 is 0 Å². The van der Waals surface area contributed by atoms with E-state index < -0.39 is 0 Å². The Morgan fingerprint density at radius 3 is 2.53 bits per heavy atom. The molecule has 0 aliphatic rings. The Hall–Kier alpha value is -3.04. The summed E-state index contributed by atoms with van der Waals surface area (Å²) in [5, 5.41) is 6.22. The molecule has 0 radical (unpaired) electrons. The number of thiocarbonyl (C=S) groups is 1. The third-order valence-corrected chi connectivity index (χ3v) is 5.43. The molecule has 1 aromatic heterocycles. The molecule has 1 heterocycles. The van der Waals surface area contributed by atoms with Crippen molar-refractivity contribution in [2.45, 2.75) is 39.7 Å². The molecule has 2 aromatic carbocycles. The second-order valence-corrected chi connectivity index (χ2v) is 8.73. The van der Waals surface area contributed by atoms with Gasteiger partial charge in [-0.3, -0.25) is 10.1 Å². The van der Waals surface area contributed by atoms with Crippen LogP contribution in [0.25, 0.3) is 10.2 Å². The molecule has 0 atom stereocenters. The molecule has 0 aliphatic carbocycles. The summed E-state index contributed by atoms with van der Waals surface area (Å²) in [7, 11) is 0. The zero-order valence-electron chi connectivity index (χ0n) is 18.1. The van der Waals surface area contributed by atoms with E-state index in [2.05, 4.69) is 15.6 Å². The van der Waals surface area contributed by atoms with Crippen LogP contribution in [0.2, 0.25) is 0 Å². The number of unbranched alkanes of at least 4 members (excludes halogenated alkanes) is 1. The molecule has 3 rings (SSSR count). The molecule has 7 nitrogen and oxygen atoms in total. The molecule has 0 bridgehead atoms. The van der Waals surface area contributed by atoms with Gasteiger partial charge in [-0.1, -0.05) is 24.7 Å². The summed E-state index contributed by atoms with van der Waals surface area (Å²) < 4.78 is 11.6. The SMILES string of the molecule is CCCCOC(=O)c1ccc2nc(NC(=S)NC(=O)c3ccc(OC(C)C)cc3)sc2c1. The Morgan fingerprint density at radius 1 is 1.12 bits per heavy atom. The number of aromatic nitrogens is 1. The quantitative estimate of drug-likeness (QED) is 0.266. The molecule has 168 valence electrons. The van der Waals surface area contributed by atoms with Crippen molar-refractivity contribution in [3.63, 3.8) is 0 Å². The van der Waals surface area contributed by atoms with E-state index in [0.29, 0.717) is 28.6 Å². The lowest BCUT2D eigenvalue weighted by Gasteiger charge is -2.10. The van der Waals surface area contributed by atoms with Gasteiger partial charge in [0.2, 0.25) is 0 Å². The number of hydrogen-bond acceptors (Lipinski definition) is 7. The fraction of sp³-hybridized carbons (Fsp3) is 0.304. The van der Waals surface area contributed by atoms with Gasteiger partial charge >= 0.3 is 5.97 Å². The number of rotatable bonds is 8. The van der Waals surface area contributed by atoms with Crippen molar-refractivity contribution in [2.24, 2.45) is 0 Å². The second kappa shape index (κ2) is 11.0. The Labute approximate surface area is 196 Å². The van der Waals surface area contributed by atoms with Gasteiger partial charge in [-0.25, -0.2) is 9.78 Å². The molecule has 9 heteroatoms. The largest absolute Gasteiger partial charge is 0.491 e. The zero-order chi connectivity index (χ0) is 23.1. The van der Waals surface area contributed by atoms with Crippen LogP contribution < -0.4 is 15.4 Å². The topological polar surface area (TPSA) is 89.5 Å². The van der Waals surface area contributed by atoms with E-state index in [1.807, 2.05) is 20.8 Å². The smallest absolute Gasteiger partial charge is 0.338 e. The number of thiazole rings is 1. The Balaban J connectivity index is 1.60. The summed E-state index contributed by atoms with van der Waals surface area (Å²) in [6.45, 7) is 6.32. The van der Waals surface area contributed by atoms with E-state index in [1.165, 1.54) is 11.3 Å². The van der Waals surface area contributed by atoms with Crippen LogP contribution in [-0.2, 0) is 4.74 Å². The number of nitrogens with one attached hydrogen (secondary N) is 2. The molecule has 0 spiro atoms. The molecule has 32 heavy (non-hydrogen) atoms. The average molecular weight is 472 g/mol. The number of carbonyl (C=O) groups is 2. The lowest BCUT2D eigenvalue weighted by molar-refractivity contribution is 0.0500. The Kier molecular flexibility index (Phi) is 8.13. The van der Waals surface area contributed by atoms with E-state index in [9.17, 15) is 9.59 Å². The van der Waals surface area contributed by atoms with E-state index in [4.69, 9.17) is 21.7 Å². The molecular weight excluding hydrogens is 446 g/mol. The van der Waals surface area contributed by atoms with Gasteiger partial charge in [0, 0.05) is 5.56 Å². The summed E-state index contributed by atoms with van der Waals surface area (Å²) in [6, 6.07) is 12.0. The Bertz CT molecular complexity index is 1110. The summed E-state index contributed by atoms with van der Waals surface area (Å²) >= 11 is 6.58. The Morgan fingerprint density at radius 2 is 1.84 bits per heavy atom. The monoisotopic (exact) mass is 471 g/mol. The minimum atomic E-state index is -0.351. The predicted octanol–water partition coefficient (Wildman–Crippen LogP) is 5.17. The maximum Gasteiger partial charge on any atom is 0.338 e. The van der Waals surface area contributed by atoms with Crippen LogP contribution in [0.5, 0.6) is 5.75 Å². The first-order valence-electron chi connectivity index (χ1n) is 10.3. The molecule has 0 saturated carbocycles. The molecule has 0 fully saturated rings. The number of carbonyl (C=O) groups excluding carboxylic acids is 2. The fourth-order valence-corrected chi connectivity index (χ4v) is 3.92. The van der Waals surface area contributed by atoms with Crippen molar-refractivity contribution in [2.75, 3.05) is 11.9 Å². The van der Waals surface area contributed by atoms with E-state index in [-0.39, 0.29) is 23.1 Å². The molecule has 1 amide bonds. The van der Waals surface area contributed by atoms with Gasteiger partial charge in [0.05, 0.1) is 28.5 Å². The summed E-state index contributed by atoms with van der Waals surface area (Å²) in [5.74, 6) is 0.00742. The lowest BCUT2D eigenvalue weighted by Crippen LogP contribution is -2.34. The fourth-order valence-electron chi connectivity index (χ4n) is 2.76. The van der Waals surface area contributed by atoms with Crippen molar-refractivity contribution in [3.8, 4) is 5.75 Å². The van der Waals surface area contributed by atoms with Crippen LogP contribution in [-0.4, -0.2) is 34.7 Å². The summed E-state index contributed by atoms with van der Waals surface area (Å²) in [5.41, 5.74) is 1.66. The number of hydrogen-bond donors (Lipinski definition) is 2. The number of amides is 1. The van der Waals surface area contributed by atoms with Crippen LogP contribution in [0.1, 0.15) is 54.3 Å². The van der Waals surface area contributed by atoms with Gasteiger partial charge in [0.1, 0.15) is 5.75 Å². The first kappa shape index (κ1) is 23.6. The maximum absolute atomic E-state index is 12.4. The van der Waals surface area contributed by atoms with E-state index in [0.717, 1.165) is 23.1 Å². The van der Waals surface area contributed by atoms with Crippen molar-refractivity contribution >= 4 is 55.9 Å². The number of esters is 1. The average Bonchev–Trinajstić information content (AvgIpc) is 3.15.